The van der Waals surface area contributed by atoms with E-state index in [1.165, 1.54) is 0 Å². The van der Waals surface area contributed by atoms with E-state index in [2.05, 4.69) is 21.2 Å². The largest absolute Gasteiger partial charge is 0.483 e. The van der Waals surface area contributed by atoms with Crippen molar-refractivity contribution in [2.45, 2.75) is 25.9 Å². The van der Waals surface area contributed by atoms with Gasteiger partial charge in [0.05, 0.1) is 10.6 Å². The van der Waals surface area contributed by atoms with Gasteiger partial charge in [-0.15, -0.1) is 0 Å². The summed E-state index contributed by atoms with van der Waals surface area (Å²) in [6, 6.07) is 5.76. The molecule has 1 aromatic rings. The van der Waals surface area contributed by atoms with Crippen LogP contribution in [0.2, 0.25) is 0 Å². The third-order valence-corrected chi connectivity index (χ3v) is 3.62. The van der Waals surface area contributed by atoms with Crippen LogP contribution in [0.15, 0.2) is 22.7 Å². The van der Waals surface area contributed by atoms with Gasteiger partial charge in [-0.3, -0.25) is 4.79 Å². The van der Waals surface area contributed by atoms with Gasteiger partial charge in [0.1, 0.15) is 5.75 Å². The summed E-state index contributed by atoms with van der Waals surface area (Å²) in [7, 11) is 0. The van der Waals surface area contributed by atoms with Gasteiger partial charge in [-0.25, -0.2) is 0 Å². The molecule has 1 heterocycles. The van der Waals surface area contributed by atoms with Crippen molar-refractivity contribution in [3.63, 3.8) is 0 Å². The van der Waals surface area contributed by atoms with Gasteiger partial charge in [0.2, 0.25) is 0 Å². The Morgan fingerprint density at radius 3 is 3.11 bits per heavy atom. The Morgan fingerprint density at radius 1 is 1.58 bits per heavy atom. The SMILES string of the molecule is Cc1ccc(OCC(=O)NC[C@@H]2CCCO2)c(Br)c1. The lowest BCUT2D eigenvalue weighted by molar-refractivity contribution is -0.123. The van der Waals surface area contributed by atoms with E-state index < -0.39 is 0 Å². The van der Waals surface area contributed by atoms with Crippen LogP contribution in [0, 0.1) is 6.92 Å². The third kappa shape index (κ3) is 4.51. The highest BCUT2D eigenvalue weighted by Gasteiger charge is 2.16. The van der Waals surface area contributed by atoms with Gasteiger partial charge in [0.25, 0.3) is 5.91 Å². The van der Waals surface area contributed by atoms with Gasteiger partial charge >= 0.3 is 0 Å². The Hall–Kier alpha value is -1.07. The molecular formula is C14H18BrNO3. The van der Waals surface area contributed by atoms with Crippen molar-refractivity contribution in [1.29, 1.82) is 0 Å². The fraction of sp³-hybridized carbons (Fsp3) is 0.500. The first kappa shape index (κ1) is 14.3. The van der Waals surface area contributed by atoms with E-state index in [1.807, 2.05) is 25.1 Å². The summed E-state index contributed by atoms with van der Waals surface area (Å²) in [6.07, 6.45) is 2.26. The minimum Gasteiger partial charge on any atom is -0.483 e. The summed E-state index contributed by atoms with van der Waals surface area (Å²) >= 11 is 3.41. The van der Waals surface area contributed by atoms with Crippen molar-refractivity contribution >= 4 is 21.8 Å². The molecule has 0 spiro atoms. The summed E-state index contributed by atoms with van der Waals surface area (Å²) < 4.78 is 11.8. The Morgan fingerprint density at radius 2 is 2.42 bits per heavy atom. The monoisotopic (exact) mass is 327 g/mol. The Bertz CT molecular complexity index is 444. The number of aryl methyl sites for hydroxylation is 1. The zero-order valence-corrected chi connectivity index (χ0v) is 12.5. The molecule has 1 aliphatic rings. The average Bonchev–Trinajstić information content (AvgIpc) is 2.88. The maximum atomic E-state index is 11.6. The van der Waals surface area contributed by atoms with Crippen LogP contribution in [-0.2, 0) is 9.53 Å². The molecule has 0 unspecified atom stereocenters. The predicted molar refractivity (Wildman–Crippen MR) is 76.4 cm³/mol. The van der Waals surface area contributed by atoms with Crippen molar-refractivity contribution in [1.82, 2.24) is 5.32 Å². The number of ether oxygens (including phenoxy) is 2. The molecule has 0 bridgehead atoms. The molecule has 1 aromatic carbocycles. The van der Waals surface area contributed by atoms with Crippen molar-refractivity contribution in [3.05, 3.63) is 28.2 Å². The number of halogens is 1. The minimum absolute atomic E-state index is 0.0222. The number of carbonyl (C=O) groups excluding carboxylic acids is 1. The first-order chi connectivity index (χ1) is 9.15. The molecule has 1 saturated heterocycles. The van der Waals surface area contributed by atoms with Gasteiger partial charge in [0, 0.05) is 13.2 Å². The molecule has 0 radical (unpaired) electrons. The summed E-state index contributed by atoms with van der Waals surface area (Å²) in [5.74, 6) is 0.556. The summed E-state index contributed by atoms with van der Waals surface area (Å²) in [4.78, 5) is 11.6. The van der Waals surface area contributed by atoms with Crippen LogP contribution in [0.5, 0.6) is 5.75 Å². The average molecular weight is 328 g/mol. The third-order valence-electron chi connectivity index (χ3n) is 3.00. The van der Waals surface area contributed by atoms with Crippen LogP contribution in [0.3, 0.4) is 0 Å². The lowest BCUT2D eigenvalue weighted by Crippen LogP contribution is -2.35. The lowest BCUT2D eigenvalue weighted by atomic mass is 10.2. The molecule has 19 heavy (non-hydrogen) atoms. The summed E-state index contributed by atoms with van der Waals surface area (Å²) in [5, 5.41) is 2.82. The fourth-order valence-corrected chi connectivity index (χ4v) is 2.56. The highest BCUT2D eigenvalue weighted by Crippen LogP contribution is 2.25. The van der Waals surface area contributed by atoms with Crippen molar-refractivity contribution in [2.75, 3.05) is 19.8 Å². The second-order valence-corrected chi connectivity index (χ2v) is 5.52. The zero-order chi connectivity index (χ0) is 13.7. The molecular weight excluding hydrogens is 310 g/mol. The maximum absolute atomic E-state index is 11.6. The number of benzene rings is 1. The van der Waals surface area contributed by atoms with Gasteiger partial charge in [-0.2, -0.15) is 0 Å². The first-order valence-corrected chi connectivity index (χ1v) is 7.21. The van der Waals surface area contributed by atoms with E-state index in [4.69, 9.17) is 9.47 Å². The molecule has 2 rings (SSSR count). The van der Waals surface area contributed by atoms with Crippen LogP contribution in [0.25, 0.3) is 0 Å². The molecule has 5 heteroatoms. The van der Waals surface area contributed by atoms with Crippen LogP contribution < -0.4 is 10.1 Å². The van der Waals surface area contributed by atoms with Crippen LogP contribution in [-0.4, -0.2) is 31.8 Å². The standard InChI is InChI=1S/C14H18BrNO3/c1-10-4-5-13(12(15)7-10)19-9-14(17)16-8-11-3-2-6-18-11/h4-5,7,11H,2-3,6,8-9H2,1H3,(H,16,17)/t11-/m0/s1. The Balaban J connectivity index is 1.73. The van der Waals surface area contributed by atoms with E-state index in [9.17, 15) is 4.79 Å². The molecule has 0 aliphatic carbocycles. The normalized spacial score (nSPS) is 18.3. The number of carbonyl (C=O) groups is 1. The second-order valence-electron chi connectivity index (χ2n) is 4.66. The number of nitrogens with one attached hydrogen (secondary N) is 1. The van der Waals surface area contributed by atoms with Gasteiger partial charge in [0.15, 0.2) is 6.61 Å². The summed E-state index contributed by atoms with van der Waals surface area (Å²) in [6.45, 7) is 3.39. The van der Waals surface area contributed by atoms with Crippen molar-refractivity contribution in [2.24, 2.45) is 0 Å². The first-order valence-electron chi connectivity index (χ1n) is 6.42. The van der Waals surface area contributed by atoms with Crippen LogP contribution in [0.1, 0.15) is 18.4 Å². The quantitative estimate of drug-likeness (QED) is 0.903. The minimum atomic E-state index is -0.122. The van der Waals surface area contributed by atoms with Gasteiger partial charge < -0.3 is 14.8 Å². The number of hydrogen-bond acceptors (Lipinski definition) is 3. The molecule has 1 fully saturated rings. The summed E-state index contributed by atoms with van der Waals surface area (Å²) in [5.41, 5.74) is 1.14. The molecule has 1 amide bonds. The van der Waals surface area contributed by atoms with Crippen LogP contribution in [0.4, 0.5) is 0 Å². The van der Waals surface area contributed by atoms with E-state index >= 15 is 0 Å². The maximum Gasteiger partial charge on any atom is 0.258 e. The second kappa shape index (κ2) is 6.91. The Kier molecular flexibility index (Phi) is 5.22. The molecule has 104 valence electrons. The highest BCUT2D eigenvalue weighted by molar-refractivity contribution is 9.10. The molecule has 1 atom stereocenters. The number of rotatable bonds is 5. The number of amides is 1. The predicted octanol–water partition coefficient (Wildman–Crippen LogP) is 2.43. The molecule has 4 nitrogen and oxygen atoms in total. The van der Waals surface area contributed by atoms with E-state index in [0.29, 0.717) is 12.3 Å². The van der Waals surface area contributed by atoms with Gasteiger partial charge in [-0.05, 0) is 53.4 Å². The molecule has 1 N–H and O–H groups in total. The Labute approximate surface area is 121 Å². The smallest absolute Gasteiger partial charge is 0.258 e. The van der Waals surface area contributed by atoms with Crippen molar-refractivity contribution in [3.8, 4) is 5.75 Å². The molecule has 0 aromatic heterocycles. The highest BCUT2D eigenvalue weighted by atomic mass is 79.9. The topological polar surface area (TPSA) is 47.6 Å². The lowest BCUT2D eigenvalue weighted by Gasteiger charge is -2.12. The zero-order valence-electron chi connectivity index (χ0n) is 10.9. The molecule has 1 aliphatic heterocycles. The number of hydrogen-bond donors (Lipinski definition) is 1. The fourth-order valence-electron chi connectivity index (χ4n) is 1.95. The van der Waals surface area contributed by atoms with E-state index in [1.54, 1.807) is 0 Å². The van der Waals surface area contributed by atoms with Crippen LogP contribution >= 0.6 is 15.9 Å². The van der Waals surface area contributed by atoms with Gasteiger partial charge in [-0.1, -0.05) is 6.07 Å². The molecule has 0 saturated carbocycles. The van der Waals surface area contributed by atoms with E-state index in [-0.39, 0.29) is 18.6 Å². The van der Waals surface area contributed by atoms with E-state index in [0.717, 1.165) is 29.5 Å². The van der Waals surface area contributed by atoms with Crippen molar-refractivity contribution < 1.29 is 14.3 Å².